The van der Waals surface area contributed by atoms with Gasteiger partial charge < -0.3 is 9.64 Å². The van der Waals surface area contributed by atoms with Crippen molar-refractivity contribution >= 4 is 11.9 Å². The quantitative estimate of drug-likeness (QED) is 0.569. The van der Waals surface area contributed by atoms with Crippen LogP contribution in [0.3, 0.4) is 0 Å². The van der Waals surface area contributed by atoms with Crippen LogP contribution in [-0.4, -0.2) is 36.5 Å². The predicted octanol–water partition coefficient (Wildman–Crippen LogP) is 4.14. The first-order chi connectivity index (χ1) is 12.4. The number of ether oxygens (including phenoxy) is 1. The van der Waals surface area contributed by atoms with E-state index in [0.29, 0.717) is 12.1 Å². The molecule has 2 rings (SSSR count). The van der Waals surface area contributed by atoms with E-state index < -0.39 is 46.8 Å². The topological polar surface area (TPSA) is 46.6 Å². The predicted molar refractivity (Wildman–Crippen MR) is 81.7 cm³/mol. The first kappa shape index (κ1) is 21.0. The molecule has 1 aliphatic rings. The summed E-state index contributed by atoms with van der Waals surface area (Å²) in [6, 6.07) is 0.799. The van der Waals surface area contributed by atoms with Crippen LogP contribution in [0.25, 0.3) is 0 Å². The molecule has 1 aromatic rings. The number of amides is 1. The fourth-order valence-electron chi connectivity index (χ4n) is 2.84. The standard InChI is InChI=1S/C17H17F6NO3/c1-2-27-15(26)10-3-5-24(6-4-10)14(25)11-7-12(16(18,19)20)9-13(8-11)17(21,22)23/h7-10H,2-6H2,1H3. The van der Waals surface area contributed by atoms with Gasteiger partial charge in [0.15, 0.2) is 0 Å². The number of carbonyl (C=O) groups is 2. The Bertz CT molecular complexity index is 673. The van der Waals surface area contributed by atoms with E-state index in [1.807, 2.05) is 0 Å². The number of esters is 1. The second-order valence-corrected chi connectivity index (χ2v) is 6.11. The highest BCUT2D eigenvalue weighted by molar-refractivity contribution is 5.95. The third kappa shape index (κ3) is 5.14. The van der Waals surface area contributed by atoms with Gasteiger partial charge in [-0.2, -0.15) is 26.3 Å². The number of alkyl halides is 6. The number of halogens is 6. The van der Waals surface area contributed by atoms with Crippen LogP contribution in [0.1, 0.15) is 41.3 Å². The molecular weight excluding hydrogens is 380 g/mol. The Balaban J connectivity index is 2.22. The summed E-state index contributed by atoms with van der Waals surface area (Å²) in [5.41, 5.74) is -3.77. The molecule has 1 aliphatic heterocycles. The van der Waals surface area contributed by atoms with Gasteiger partial charge in [0.05, 0.1) is 23.7 Å². The zero-order valence-electron chi connectivity index (χ0n) is 14.3. The summed E-state index contributed by atoms with van der Waals surface area (Å²) in [6.07, 6.45) is -9.58. The zero-order valence-corrected chi connectivity index (χ0v) is 14.3. The second kappa shape index (κ2) is 7.77. The lowest BCUT2D eigenvalue weighted by Crippen LogP contribution is -2.40. The summed E-state index contributed by atoms with van der Waals surface area (Å²) in [7, 11) is 0. The molecule has 1 aromatic carbocycles. The van der Waals surface area contributed by atoms with Gasteiger partial charge in [-0.05, 0) is 38.0 Å². The molecule has 0 spiro atoms. The monoisotopic (exact) mass is 397 g/mol. The lowest BCUT2D eigenvalue weighted by atomic mass is 9.96. The minimum absolute atomic E-state index is 0.0240. The largest absolute Gasteiger partial charge is 0.466 e. The maximum atomic E-state index is 12.9. The average molecular weight is 397 g/mol. The molecule has 1 heterocycles. The summed E-state index contributed by atoms with van der Waals surface area (Å²) in [5.74, 6) is -1.81. The number of piperidine rings is 1. The molecule has 0 aromatic heterocycles. The molecule has 0 saturated carbocycles. The van der Waals surface area contributed by atoms with E-state index in [1.165, 1.54) is 0 Å². The number of hydrogen-bond donors (Lipinski definition) is 0. The van der Waals surface area contributed by atoms with Gasteiger partial charge in [-0.25, -0.2) is 0 Å². The van der Waals surface area contributed by atoms with Gasteiger partial charge in [0, 0.05) is 18.7 Å². The van der Waals surface area contributed by atoms with Gasteiger partial charge in [0.25, 0.3) is 5.91 Å². The molecule has 150 valence electrons. The van der Waals surface area contributed by atoms with E-state index >= 15 is 0 Å². The molecular formula is C17H17F6NO3. The van der Waals surface area contributed by atoms with Crippen LogP contribution in [0.2, 0.25) is 0 Å². The van der Waals surface area contributed by atoms with Crippen molar-refractivity contribution in [2.24, 2.45) is 5.92 Å². The Hall–Kier alpha value is -2.26. The Kier molecular flexibility index (Phi) is 6.06. The van der Waals surface area contributed by atoms with E-state index in [9.17, 15) is 35.9 Å². The van der Waals surface area contributed by atoms with Gasteiger partial charge in [-0.3, -0.25) is 9.59 Å². The summed E-state index contributed by atoms with van der Waals surface area (Å²) in [4.78, 5) is 25.3. The van der Waals surface area contributed by atoms with Crippen molar-refractivity contribution < 1.29 is 40.7 Å². The minimum atomic E-state index is -5.02. The van der Waals surface area contributed by atoms with Crippen molar-refractivity contribution in [2.45, 2.75) is 32.1 Å². The Morgan fingerprint density at radius 3 is 1.89 bits per heavy atom. The highest BCUT2D eigenvalue weighted by atomic mass is 19.4. The Labute approximate surface area is 151 Å². The number of rotatable bonds is 3. The molecule has 0 radical (unpaired) electrons. The second-order valence-electron chi connectivity index (χ2n) is 6.11. The number of hydrogen-bond acceptors (Lipinski definition) is 3. The summed E-state index contributed by atoms with van der Waals surface area (Å²) in [5, 5.41) is 0. The fraction of sp³-hybridized carbons (Fsp3) is 0.529. The smallest absolute Gasteiger partial charge is 0.416 e. The van der Waals surface area contributed by atoms with E-state index in [-0.39, 0.29) is 38.6 Å². The maximum Gasteiger partial charge on any atom is 0.416 e. The molecule has 1 saturated heterocycles. The first-order valence-electron chi connectivity index (χ1n) is 8.19. The van der Waals surface area contributed by atoms with Crippen LogP contribution in [0, 0.1) is 5.92 Å². The summed E-state index contributed by atoms with van der Waals surface area (Å²) < 4.78 is 82.3. The van der Waals surface area contributed by atoms with Crippen LogP contribution in [0.15, 0.2) is 18.2 Å². The number of benzene rings is 1. The van der Waals surface area contributed by atoms with Crippen molar-refractivity contribution in [3.63, 3.8) is 0 Å². The fourth-order valence-corrected chi connectivity index (χ4v) is 2.84. The molecule has 0 bridgehead atoms. The molecule has 0 unspecified atom stereocenters. The maximum absolute atomic E-state index is 12.9. The lowest BCUT2D eigenvalue weighted by Gasteiger charge is -2.31. The molecule has 0 aliphatic carbocycles. The van der Waals surface area contributed by atoms with Crippen LogP contribution in [0.5, 0.6) is 0 Å². The zero-order chi connectivity index (χ0) is 20.4. The molecule has 4 nitrogen and oxygen atoms in total. The molecule has 0 atom stereocenters. The third-order valence-corrected chi connectivity index (χ3v) is 4.24. The van der Waals surface area contributed by atoms with Gasteiger partial charge >= 0.3 is 18.3 Å². The molecule has 1 amide bonds. The van der Waals surface area contributed by atoms with E-state index in [1.54, 1.807) is 6.92 Å². The Morgan fingerprint density at radius 2 is 1.48 bits per heavy atom. The van der Waals surface area contributed by atoms with E-state index in [2.05, 4.69) is 0 Å². The first-order valence-corrected chi connectivity index (χ1v) is 8.19. The van der Waals surface area contributed by atoms with E-state index in [0.717, 1.165) is 4.90 Å². The highest BCUT2D eigenvalue weighted by Crippen LogP contribution is 2.36. The van der Waals surface area contributed by atoms with Crippen LogP contribution in [-0.2, 0) is 21.9 Å². The van der Waals surface area contributed by atoms with E-state index in [4.69, 9.17) is 4.74 Å². The molecule has 0 N–H and O–H groups in total. The minimum Gasteiger partial charge on any atom is -0.466 e. The average Bonchev–Trinajstić information content (AvgIpc) is 2.59. The summed E-state index contributed by atoms with van der Waals surface area (Å²) >= 11 is 0. The lowest BCUT2D eigenvalue weighted by molar-refractivity contribution is -0.149. The van der Waals surface area contributed by atoms with Gasteiger partial charge in [-0.15, -0.1) is 0 Å². The molecule has 10 heteroatoms. The molecule has 27 heavy (non-hydrogen) atoms. The van der Waals surface area contributed by atoms with Crippen molar-refractivity contribution in [3.05, 3.63) is 34.9 Å². The van der Waals surface area contributed by atoms with Crippen LogP contribution < -0.4 is 0 Å². The van der Waals surface area contributed by atoms with Crippen molar-refractivity contribution in [3.8, 4) is 0 Å². The van der Waals surface area contributed by atoms with Crippen molar-refractivity contribution in [2.75, 3.05) is 19.7 Å². The number of carbonyl (C=O) groups excluding carboxylic acids is 2. The molecule has 1 fully saturated rings. The van der Waals surface area contributed by atoms with Crippen LogP contribution >= 0.6 is 0 Å². The third-order valence-electron chi connectivity index (χ3n) is 4.24. The van der Waals surface area contributed by atoms with Crippen molar-refractivity contribution in [1.82, 2.24) is 4.90 Å². The van der Waals surface area contributed by atoms with Crippen molar-refractivity contribution in [1.29, 1.82) is 0 Å². The van der Waals surface area contributed by atoms with Gasteiger partial charge in [-0.1, -0.05) is 0 Å². The highest BCUT2D eigenvalue weighted by Gasteiger charge is 2.38. The van der Waals surface area contributed by atoms with Gasteiger partial charge in [0.2, 0.25) is 0 Å². The summed E-state index contributed by atoms with van der Waals surface area (Å²) in [6.45, 7) is 1.92. The van der Waals surface area contributed by atoms with Gasteiger partial charge in [0.1, 0.15) is 0 Å². The SMILES string of the molecule is CCOC(=O)C1CCN(C(=O)c2cc(C(F)(F)F)cc(C(F)(F)F)c2)CC1. The Morgan fingerprint density at radius 1 is 1.00 bits per heavy atom. The number of likely N-dealkylation sites (tertiary alicyclic amines) is 1. The van der Waals surface area contributed by atoms with Crippen LogP contribution in [0.4, 0.5) is 26.3 Å². The number of nitrogens with zero attached hydrogens (tertiary/aromatic N) is 1. The normalized spacial score (nSPS) is 16.3.